The molecule has 5 heteroatoms. The van der Waals surface area contributed by atoms with Crippen molar-refractivity contribution in [2.75, 3.05) is 13.7 Å². The second-order valence-electron chi connectivity index (χ2n) is 4.48. The highest BCUT2D eigenvalue weighted by Crippen LogP contribution is 2.39. The molecule has 0 saturated carbocycles. The normalized spacial score (nSPS) is 10.8. The molecule has 2 aromatic rings. The average molecular weight is 280 g/mol. The molecule has 0 amide bonds. The first-order valence-electron chi connectivity index (χ1n) is 6.16. The largest absolute Gasteiger partial charge is 0.496 e. The summed E-state index contributed by atoms with van der Waals surface area (Å²) in [7, 11) is 1.65. The van der Waals surface area contributed by atoms with Gasteiger partial charge in [-0.15, -0.1) is 0 Å². The molecule has 0 aliphatic heterocycles. The van der Waals surface area contributed by atoms with Crippen LogP contribution in [0, 0.1) is 13.8 Å². The van der Waals surface area contributed by atoms with E-state index in [2.05, 4.69) is 9.97 Å². The quantitative estimate of drug-likeness (QED) is 0.904. The summed E-state index contributed by atoms with van der Waals surface area (Å²) in [5.41, 5.74) is 10.4. The van der Waals surface area contributed by atoms with Gasteiger partial charge in [0.25, 0.3) is 0 Å². The lowest BCUT2D eigenvalue weighted by Crippen LogP contribution is -2.05. The van der Waals surface area contributed by atoms with Crippen LogP contribution in [-0.4, -0.2) is 23.6 Å². The number of methoxy groups -OCH3 is 1. The molecule has 2 rings (SSSR count). The van der Waals surface area contributed by atoms with E-state index in [1.165, 1.54) is 0 Å². The Labute approximate surface area is 117 Å². The molecule has 0 spiro atoms. The molecule has 1 heterocycles. The zero-order valence-electron chi connectivity index (χ0n) is 11.4. The first kappa shape index (κ1) is 13.9. The Morgan fingerprint density at radius 3 is 2.79 bits per heavy atom. The Balaban J connectivity index is 2.67. The molecule has 1 aromatic heterocycles. The van der Waals surface area contributed by atoms with Gasteiger partial charge < -0.3 is 15.5 Å². The number of H-pyrrole nitrogens is 1. The number of nitrogens with two attached hydrogens (primary N) is 1. The monoisotopic (exact) mass is 279 g/mol. The maximum Gasteiger partial charge on any atom is 0.128 e. The molecule has 1 aromatic carbocycles. The Morgan fingerprint density at radius 2 is 2.16 bits per heavy atom. The van der Waals surface area contributed by atoms with Crippen LogP contribution in [0.25, 0.3) is 11.3 Å². The van der Waals surface area contributed by atoms with Crippen molar-refractivity contribution >= 4 is 11.6 Å². The minimum atomic E-state index is 0.566. The molecule has 0 radical (unpaired) electrons. The van der Waals surface area contributed by atoms with Crippen LogP contribution in [0.4, 0.5) is 0 Å². The standard InChI is InChI=1S/C14H18ClN3O/c1-8-6-11(19-3)12(9(2)13(8)15)14-10(4-5-16)17-7-18-14/h6-7H,4-5,16H2,1-3H3,(H,17,18). The summed E-state index contributed by atoms with van der Waals surface area (Å²) < 4.78 is 5.48. The number of nitrogens with zero attached hydrogens (tertiary/aromatic N) is 1. The summed E-state index contributed by atoms with van der Waals surface area (Å²) >= 11 is 6.34. The molecule has 4 nitrogen and oxygen atoms in total. The highest BCUT2D eigenvalue weighted by molar-refractivity contribution is 6.32. The number of aromatic amines is 1. The highest BCUT2D eigenvalue weighted by atomic mass is 35.5. The van der Waals surface area contributed by atoms with Crippen LogP contribution in [0.2, 0.25) is 5.02 Å². The summed E-state index contributed by atoms with van der Waals surface area (Å²) in [5, 5.41) is 0.748. The van der Waals surface area contributed by atoms with Crippen molar-refractivity contribution in [3.8, 4) is 17.0 Å². The highest BCUT2D eigenvalue weighted by Gasteiger charge is 2.18. The number of rotatable bonds is 4. The third-order valence-electron chi connectivity index (χ3n) is 3.21. The maximum atomic E-state index is 6.34. The number of halogens is 1. The first-order chi connectivity index (χ1) is 9.10. The van der Waals surface area contributed by atoms with E-state index in [0.29, 0.717) is 6.54 Å². The SMILES string of the molecule is COc1cc(C)c(Cl)c(C)c1-c1nc[nH]c1CCN. The van der Waals surface area contributed by atoms with E-state index >= 15 is 0 Å². The molecule has 0 aliphatic rings. The molecular formula is C14H18ClN3O. The van der Waals surface area contributed by atoms with Crippen molar-refractivity contribution in [1.82, 2.24) is 9.97 Å². The number of aromatic nitrogens is 2. The molecular weight excluding hydrogens is 262 g/mol. The Hall–Kier alpha value is -1.52. The topological polar surface area (TPSA) is 63.9 Å². The van der Waals surface area contributed by atoms with Crippen LogP contribution in [-0.2, 0) is 6.42 Å². The molecule has 0 fully saturated rings. The van der Waals surface area contributed by atoms with Gasteiger partial charge in [0, 0.05) is 22.7 Å². The van der Waals surface area contributed by atoms with Gasteiger partial charge in [0.05, 0.1) is 19.1 Å². The molecule has 102 valence electrons. The lowest BCUT2D eigenvalue weighted by molar-refractivity contribution is 0.415. The van der Waals surface area contributed by atoms with Crippen molar-refractivity contribution in [3.05, 3.63) is 34.2 Å². The van der Waals surface area contributed by atoms with E-state index in [-0.39, 0.29) is 0 Å². The van der Waals surface area contributed by atoms with Crippen molar-refractivity contribution in [2.45, 2.75) is 20.3 Å². The van der Waals surface area contributed by atoms with E-state index in [0.717, 1.165) is 45.3 Å². The lowest BCUT2D eigenvalue weighted by atomic mass is 9.99. The van der Waals surface area contributed by atoms with Crippen molar-refractivity contribution in [3.63, 3.8) is 0 Å². The number of imidazole rings is 1. The number of hydrogen-bond donors (Lipinski definition) is 2. The summed E-state index contributed by atoms with van der Waals surface area (Å²) in [6.07, 6.45) is 2.41. The summed E-state index contributed by atoms with van der Waals surface area (Å²) in [4.78, 5) is 7.52. The van der Waals surface area contributed by atoms with E-state index in [4.69, 9.17) is 22.1 Å². The van der Waals surface area contributed by atoms with E-state index in [1.54, 1.807) is 13.4 Å². The van der Waals surface area contributed by atoms with E-state index < -0.39 is 0 Å². The van der Waals surface area contributed by atoms with Crippen LogP contribution in [0.5, 0.6) is 5.75 Å². The van der Waals surface area contributed by atoms with Gasteiger partial charge in [0.2, 0.25) is 0 Å². The number of aryl methyl sites for hydroxylation is 1. The summed E-state index contributed by atoms with van der Waals surface area (Å²) in [5.74, 6) is 0.782. The third-order valence-corrected chi connectivity index (χ3v) is 3.80. The van der Waals surface area contributed by atoms with Gasteiger partial charge in [-0.25, -0.2) is 4.98 Å². The van der Waals surface area contributed by atoms with Crippen LogP contribution >= 0.6 is 11.6 Å². The fraction of sp³-hybridized carbons (Fsp3) is 0.357. The minimum Gasteiger partial charge on any atom is -0.496 e. The van der Waals surface area contributed by atoms with Gasteiger partial charge in [-0.1, -0.05) is 11.6 Å². The summed E-state index contributed by atoms with van der Waals surface area (Å²) in [6, 6.07) is 1.94. The Morgan fingerprint density at radius 1 is 1.42 bits per heavy atom. The molecule has 3 N–H and O–H groups in total. The van der Waals surface area contributed by atoms with Crippen molar-refractivity contribution in [1.29, 1.82) is 0 Å². The zero-order valence-corrected chi connectivity index (χ0v) is 12.1. The van der Waals surface area contributed by atoms with Crippen LogP contribution in [0.3, 0.4) is 0 Å². The van der Waals surface area contributed by atoms with Gasteiger partial charge in [-0.3, -0.25) is 0 Å². The van der Waals surface area contributed by atoms with Crippen LogP contribution in [0.1, 0.15) is 16.8 Å². The maximum absolute atomic E-state index is 6.34. The number of nitrogens with one attached hydrogen (secondary N) is 1. The second kappa shape index (κ2) is 5.63. The van der Waals surface area contributed by atoms with Crippen molar-refractivity contribution < 1.29 is 4.74 Å². The lowest BCUT2D eigenvalue weighted by Gasteiger charge is -2.14. The third kappa shape index (κ3) is 2.46. The van der Waals surface area contributed by atoms with Gasteiger partial charge in [-0.2, -0.15) is 0 Å². The average Bonchev–Trinajstić information content (AvgIpc) is 2.84. The first-order valence-corrected chi connectivity index (χ1v) is 6.54. The van der Waals surface area contributed by atoms with Crippen LogP contribution < -0.4 is 10.5 Å². The number of hydrogen-bond acceptors (Lipinski definition) is 3. The predicted molar refractivity (Wildman–Crippen MR) is 77.8 cm³/mol. The molecule has 0 aliphatic carbocycles. The fourth-order valence-corrected chi connectivity index (χ4v) is 2.40. The van der Waals surface area contributed by atoms with Gasteiger partial charge >= 0.3 is 0 Å². The molecule has 19 heavy (non-hydrogen) atoms. The smallest absolute Gasteiger partial charge is 0.128 e. The van der Waals surface area contributed by atoms with Crippen molar-refractivity contribution in [2.24, 2.45) is 5.73 Å². The second-order valence-corrected chi connectivity index (χ2v) is 4.86. The Kier molecular flexibility index (Phi) is 4.12. The molecule has 0 unspecified atom stereocenters. The Bertz CT molecular complexity index is 593. The van der Waals surface area contributed by atoms with E-state index in [1.807, 2.05) is 19.9 Å². The van der Waals surface area contributed by atoms with Gasteiger partial charge in [0.15, 0.2) is 0 Å². The number of ether oxygens (including phenoxy) is 1. The molecule has 0 atom stereocenters. The van der Waals surface area contributed by atoms with E-state index in [9.17, 15) is 0 Å². The van der Waals surface area contributed by atoms with Crippen LogP contribution in [0.15, 0.2) is 12.4 Å². The molecule has 0 saturated heterocycles. The number of benzene rings is 1. The molecule has 0 bridgehead atoms. The van der Waals surface area contributed by atoms with Gasteiger partial charge in [0.1, 0.15) is 5.75 Å². The minimum absolute atomic E-state index is 0.566. The summed E-state index contributed by atoms with van der Waals surface area (Å²) in [6.45, 7) is 4.51. The predicted octanol–water partition coefficient (Wildman–Crippen LogP) is 2.86. The van der Waals surface area contributed by atoms with Gasteiger partial charge in [-0.05, 0) is 37.6 Å². The fourth-order valence-electron chi connectivity index (χ4n) is 2.25. The zero-order chi connectivity index (χ0) is 14.0.